The van der Waals surface area contributed by atoms with E-state index in [0.29, 0.717) is 17.4 Å². The predicted molar refractivity (Wildman–Crippen MR) is 134 cm³/mol. The minimum absolute atomic E-state index is 0.411. The van der Waals surface area contributed by atoms with E-state index in [-0.39, 0.29) is 0 Å². The number of fused-ring (bicyclic) bond motifs is 1. The third kappa shape index (κ3) is 4.91. The van der Waals surface area contributed by atoms with Crippen molar-refractivity contribution < 1.29 is 4.79 Å². The summed E-state index contributed by atoms with van der Waals surface area (Å²) in [6.07, 6.45) is 7.34. The number of rotatable bonds is 6. The zero-order valence-corrected chi connectivity index (χ0v) is 19.9. The Morgan fingerprint density at radius 3 is 2.58 bits per heavy atom. The van der Waals surface area contributed by atoms with E-state index in [9.17, 15) is 4.79 Å². The molecule has 4 heterocycles. The zero-order valence-electron chi connectivity index (χ0n) is 19.9. The Kier molecular flexibility index (Phi) is 5.87. The van der Waals surface area contributed by atoms with Gasteiger partial charge in [0.25, 0.3) is 5.91 Å². The van der Waals surface area contributed by atoms with E-state index in [1.54, 1.807) is 0 Å². The molecule has 6 heteroatoms. The van der Waals surface area contributed by atoms with Crippen LogP contribution >= 0.6 is 0 Å². The molecule has 1 amide bonds. The number of hydrogen-bond donors (Lipinski definition) is 2. The van der Waals surface area contributed by atoms with Crippen LogP contribution in [0.3, 0.4) is 0 Å². The molecule has 3 N–H and O–H groups in total. The first-order chi connectivity index (χ1) is 15.9. The van der Waals surface area contributed by atoms with Gasteiger partial charge >= 0.3 is 0 Å². The lowest BCUT2D eigenvalue weighted by atomic mass is 9.83. The lowest BCUT2D eigenvalue weighted by Crippen LogP contribution is -2.36. The number of nitrogens with one attached hydrogen (secondary N) is 1. The second-order valence-electron chi connectivity index (χ2n) is 10.6. The van der Waals surface area contributed by atoms with E-state index in [1.165, 1.54) is 36.8 Å². The molecular formula is C27H35N5O. The summed E-state index contributed by atoms with van der Waals surface area (Å²) >= 11 is 0. The molecule has 0 saturated carbocycles. The van der Waals surface area contributed by atoms with Crippen LogP contribution in [0.4, 0.5) is 5.69 Å². The zero-order chi connectivity index (χ0) is 23.0. The Morgan fingerprint density at radius 1 is 1.09 bits per heavy atom. The SMILES string of the molecule is CC1(C)CCN(Cc2cc3ccc(Cc4ncc(N5CCCC5)cc4C(N)=O)cc3[nH]2)CC1. The van der Waals surface area contributed by atoms with E-state index in [4.69, 9.17) is 5.73 Å². The molecule has 174 valence electrons. The van der Waals surface area contributed by atoms with Crippen LogP contribution in [0.25, 0.3) is 10.9 Å². The summed E-state index contributed by atoms with van der Waals surface area (Å²) in [5.74, 6) is -0.411. The standard InChI is InChI=1S/C27H35N5O/c1-27(2)7-11-31(12-8-27)18-21-15-20-6-5-19(13-24(20)30-21)14-25-23(26(28)33)16-22(17-29-25)32-9-3-4-10-32/h5-6,13,15-17,30H,3-4,7-12,14,18H2,1-2H3,(H2,28,33). The molecule has 2 saturated heterocycles. The number of pyridine rings is 1. The van der Waals surface area contributed by atoms with Crippen molar-refractivity contribution in [2.45, 2.75) is 52.5 Å². The summed E-state index contributed by atoms with van der Waals surface area (Å²) in [6.45, 7) is 10.0. The highest BCUT2D eigenvalue weighted by Gasteiger charge is 2.25. The van der Waals surface area contributed by atoms with Gasteiger partial charge in [-0.2, -0.15) is 0 Å². The number of aromatic amines is 1. The number of benzene rings is 1. The van der Waals surface area contributed by atoms with Crippen molar-refractivity contribution in [2.75, 3.05) is 31.1 Å². The number of H-pyrrole nitrogens is 1. The molecule has 0 aliphatic carbocycles. The highest BCUT2D eigenvalue weighted by Crippen LogP contribution is 2.31. The number of nitrogens with zero attached hydrogens (tertiary/aromatic N) is 3. The fourth-order valence-electron chi connectivity index (χ4n) is 5.16. The first-order valence-electron chi connectivity index (χ1n) is 12.2. The Hall–Kier alpha value is -2.86. The summed E-state index contributed by atoms with van der Waals surface area (Å²) in [5.41, 5.74) is 12.0. The predicted octanol–water partition coefficient (Wildman–Crippen LogP) is 4.47. The molecule has 6 nitrogen and oxygen atoms in total. The lowest BCUT2D eigenvalue weighted by molar-refractivity contribution is 0.0999. The first-order valence-corrected chi connectivity index (χ1v) is 12.2. The van der Waals surface area contributed by atoms with Gasteiger partial charge in [0.15, 0.2) is 0 Å². The monoisotopic (exact) mass is 445 g/mol. The molecule has 0 unspecified atom stereocenters. The Balaban J connectivity index is 1.32. The van der Waals surface area contributed by atoms with Crippen LogP contribution in [-0.4, -0.2) is 47.0 Å². The summed E-state index contributed by atoms with van der Waals surface area (Å²) in [4.78, 5) is 25.3. The lowest BCUT2D eigenvalue weighted by Gasteiger charge is -2.36. The van der Waals surface area contributed by atoms with Crippen LogP contribution < -0.4 is 10.6 Å². The fourth-order valence-corrected chi connectivity index (χ4v) is 5.16. The number of nitrogens with two attached hydrogens (primary N) is 1. The van der Waals surface area contributed by atoms with Crippen LogP contribution in [0.15, 0.2) is 36.5 Å². The minimum Gasteiger partial charge on any atom is -0.370 e. The molecule has 0 spiro atoms. The van der Waals surface area contributed by atoms with Crippen LogP contribution in [0.5, 0.6) is 0 Å². The fraction of sp³-hybridized carbons (Fsp3) is 0.481. The molecule has 1 aromatic carbocycles. The number of amides is 1. The number of hydrogen-bond acceptors (Lipinski definition) is 4. The molecule has 5 rings (SSSR count). The van der Waals surface area contributed by atoms with Gasteiger partial charge in [-0.15, -0.1) is 0 Å². The molecule has 0 atom stereocenters. The van der Waals surface area contributed by atoms with E-state index in [1.807, 2.05) is 12.3 Å². The average Bonchev–Trinajstić information content (AvgIpc) is 3.45. The van der Waals surface area contributed by atoms with Crippen LogP contribution in [0, 0.1) is 5.41 Å². The molecule has 2 aromatic heterocycles. The molecule has 0 radical (unpaired) electrons. The van der Waals surface area contributed by atoms with Gasteiger partial charge in [0.2, 0.25) is 0 Å². The number of carbonyl (C=O) groups is 1. The number of likely N-dealkylation sites (tertiary alicyclic amines) is 1. The summed E-state index contributed by atoms with van der Waals surface area (Å²) < 4.78 is 0. The Morgan fingerprint density at radius 2 is 1.85 bits per heavy atom. The van der Waals surface area contributed by atoms with Crippen molar-refractivity contribution in [3.05, 3.63) is 59.0 Å². The maximum Gasteiger partial charge on any atom is 0.250 e. The van der Waals surface area contributed by atoms with Gasteiger partial charge < -0.3 is 15.6 Å². The number of aromatic nitrogens is 2. The third-order valence-electron chi connectivity index (χ3n) is 7.41. The molecule has 33 heavy (non-hydrogen) atoms. The van der Waals surface area contributed by atoms with Crippen molar-refractivity contribution in [1.82, 2.24) is 14.9 Å². The van der Waals surface area contributed by atoms with Crippen molar-refractivity contribution in [1.29, 1.82) is 0 Å². The Labute approximate surface area is 196 Å². The van der Waals surface area contributed by atoms with E-state index >= 15 is 0 Å². The quantitative estimate of drug-likeness (QED) is 0.587. The van der Waals surface area contributed by atoms with Crippen LogP contribution in [-0.2, 0) is 13.0 Å². The van der Waals surface area contributed by atoms with Crippen molar-refractivity contribution in [3.8, 4) is 0 Å². The molecule has 2 fully saturated rings. The normalized spacial score (nSPS) is 18.8. The number of carbonyl (C=O) groups excluding carboxylic acids is 1. The minimum atomic E-state index is -0.411. The maximum absolute atomic E-state index is 12.2. The largest absolute Gasteiger partial charge is 0.370 e. The van der Waals surface area contributed by atoms with Crippen LogP contribution in [0.2, 0.25) is 0 Å². The number of piperidine rings is 1. The second-order valence-corrected chi connectivity index (χ2v) is 10.6. The number of primary amides is 1. The summed E-state index contributed by atoms with van der Waals surface area (Å²) in [6, 6.07) is 10.6. The third-order valence-corrected chi connectivity index (χ3v) is 7.41. The van der Waals surface area contributed by atoms with E-state index < -0.39 is 5.91 Å². The first kappa shape index (κ1) is 22.0. The van der Waals surface area contributed by atoms with Gasteiger partial charge in [0.1, 0.15) is 0 Å². The van der Waals surface area contributed by atoms with Crippen LogP contribution in [0.1, 0.15) is 66.8 Å². The van der Waals surface area contributed by atoms with Gasteiger partial charge in [-0.3, -0.25) is 14.7 Å². The van der Waals surface area contributed by atoms with Gasteiger partial charge in [-0.05, 0) is 73.3 Å². The second kappa shape index (κ2) is 8.82. The van der Waals surface area contributed by atoms with E-state index in [2.05, 4.69) is 57.9 Å². The number of anilines is 1. The van der Waals surface area contributed by atoms with Gasteiger partial charge in [-0.25, -0.2) is 0 Å². The highest BCUT2D eigenvalue weighted by atomic mass is 16.1. The van der Waals surface area contributed by atoms with Crippen molar-refractivity contribution in [2.24, 2.45) is 11.1 Å². The molecule has 2 aliphatic heterocycles. The molecule has 2 aliphatic rings. The smallest absolute Gasteiger partial charge is 0.250 e. The average molecular weight is 446 g/mol. The van der Waals surface area contributed by atoms with Gasteiger partial charge in [0, 0.05) is 37.3 Å². The van der Waals surface area contributed by atoms with Gasteiger partial charge in [0.05, 0.1) is 23.1 Å². The maximum atomic E-state index is 12.2. The Bertz CT molecular complexity index is 1150. The molecule has 3 aromatic rings. The topological polar surface area (TPSA) is 78.2 Å². The highest BCUT2D eigenvalue weighted by molar-refractivity contribution is 5.95. The summed E-state index contributed by atoms with van der Waals surface area (Å²) in [7, 11) is 0. The molecule has 0 bridgehead atoms. The van der Waals surface area contributed by atoms with E-state index in [0.717, 1.165) is 55.2 Å². The van der Waals surface area contributed by atoms with Crippen molar-refractivity contribution in [3.63, 3.8) is 0 Å². The van der Waals surface area contributed by atoms with Gasteiger partial charge in [-0.1, -0.05) is 26.0 Å². The molecular weight excluding hydrogens is 410 g/mol. The summed E-state index contributed by atoms with van der Waals surface area (Å²) in [5, 5.41) is 1.22. The van der Waals surface area contributed by atoms with Crippen molar-refractivity contribution >= 4 is 22.5 Å².